The Bertz CT molecular complexity index is 1130. The molecule has 0 spiro atoms. The summed E-state index contributed by atoms with van der Waals surface area (Å²) in [6.45, 7) is 0.592. The quantitative estimate of drug-likeness (QED) is 0.466. The molecule has 2 aromatic heterocycles. The van der Waals surface area contributed by atoms with Crippen molar-refractivity contribution in [3.05, 3.63) is 96.6 Å². The van der Waals surface area contributed by atoms with E-state index < -0.39 is 0 Å². The average Bonchev–Trinajstić information content (AvgIpc) is 3.49. The largest absolute Gasteiger partial charge is 0.459 e. The Labute approximate surface area is 173 Å². The molecule has 0 radical (unpaired) electrons. The first-order valence-corrected chi connectivity index (χ1v) is 9.52. The number of hydrogen-bond acceptors (Lipinski definition) is 4. The van der Waals surface area contributed by atoms with Crippen LogP contribution < -0.4 is 10.6 Å². The van der Waals surface area contributed by atoms with E-state index in [1.165, 1.54) is 6.26 Å². The van der Waals surface area contributed by atoms with Gasteiger partial charge in [0.1, 0.15) is 0 Å². The van der Waals surface area contributed by atoms with Crippen molar-refractivity contribution in [3.63, 3.8) is 0 Å². The van der Waals surface area contributed by atoms with E-state index in [0.717, 1.165) is 16.9 Å². The fraction of sp³-hybridized carbons (Fsp3) is 0.0870. The van der Waals surface area contributed by atoms with Crippen molar-refractivity contribution in [1.82, 2.24) is 20.4 Å². The van der Waals surface area contributed by atoms with Gasteiger partial charge in [-0.15, -0.1) is 0 Å². The van der Waals surface area contributed by atoms with Crippen LogP contribution in [0, 0.1) is 0 Å². The predicted molar refractivity (Wildman–Crippen MR) is 112 cm³/mol. The van der Waals surface area contributed by atoms with E-state index in [1.807, 2.05) is 48.5 Å². The summed E-state index contributed by atoms with van der Waals surface area (Å²) in [4.78, 5) is 24.3. The maximum Gasteiger partial charge on any atom is 0.287 e. The first-order valence-electron chi connectivity index (χ1n) is 9.52. The van der Waals surface area contributed by atoms with Gasteiger partial charge in [0.25, 0.3) is 11.8 Å². The van der Waals surface area contributed by atoms with Crippen molar-refractivity contribution >= 4 is 11.8 Å². The van der Waals surface area contributed by atoms with E-state index in [-0.39, 0.29) is 17.6 Å². The molecule has 2 heterocycles. The van der Waals surface area contributed by atoms with Crippen molar-refractivity contribution < 1.29 is 14.0 Å². The molecule has 2 amide bonds. The fourth-order valence-electron chi connectivity index (χ4n) is 3.06. The van der Waals surface area contributed by atoms with E-state index in [2.05, 4.69) is 15.7 Å². The van der Waals surface area contributed by atoms with Gasteiger partial charge in [-0.25, -0.2) is 4.68 Å². The Morgan fingerprint density at radius 1 is 0.867 bits per heavy atom. The highest BCUT2D eigenvalue weighted by Crippen LogP contribution is 2.22. The van der Waals surface area contributed by atoms with Gasteiger partial charge < -0.3 is 15.1 Å². The zero-order valence-corrected chi connectivity index (χ0v) is 16.1. The third-order valence-corrected chi connectivity index (χ3v) is 4.51. The zero-order valence-electron chi connectivity index (χ0n) is 16.1. The normalized spacial score (nSPS) is 10.5. The third-order valence-electron chi connectivity index (χ3n) is 4.51. The molecule has 0 unspecified atom stereocenters. The van der Waals surface area contributed by atoms with Crippen molar-refractivity contribution in [2.75, 3.05) is 13.1 Å². The molecule has 0 aliphatic heterocycles. The molecule has 0 saturated carbocycles. The summed E-state index contributed by atoms with van der Waals surface area (Å²) in [7, 11) is 0. The molecule has 0 aliphatic rings. The van der Waals surface area contributed by atoms with Crippen LogP contribution in [0.5, 0.6) is 0 Å². The van der Waals surface area contributed by atoms with Crippen LogP contribution in [0.1, 0.15) is 20.9 Å². The van der Waals surface area contributed by atoms with Crippen LogP contribution in [0.25, 0.3) is 16.9 Å². The maximum absolute atomic E-state index is 12.5. The predicted octanol–water partition coefficient (Wildman–Crippen LogP) is 3.29. The first kappa shape index (κ1) is 19.2. The minimum absolute atomic E-state index is 0.225. The second-order valence-corrected chi connectivity index (χ2v) is 6.53. The number of benzene rings is 2. The number of furan rings is 1. The van der Waals surface area contributed by atoms with E-state index in [9.17, 15) is 9.59 Å². The molecule has 7 nitrogen and oxygen atoms in total. The van der Waals surface area contributed by atoms with E-state index in [4.69, 9.17) is 4.42 Å². The standard InChI is InChI=1S/C23H20N4O3/c28-22(24-13-14-25-23(29)21-10-5-15-30-21)18-8-4-9-19(16-18)27-20(11-12-26-27)17-6-2-1-3-7-17/h1-12,15-16H,13-14H2,(H,24,28)(H,25,29). The molecule has 150 valence electrons. The fourth-order valence-corrected chi connectivity index (χ4v) is 3.06. The Balaban J connectivity index is 1.40. The zero-order chi connectivity index (χ0) is 20.8. The van der Waals surface area contributed by atoms with Crippen LogP contribution in [0.15, 0.2) is 89.7 Å². The number of amides is 2. The lowest BCUT2D eigenvalue weighted by atomic mass is 10.1. The lowest BCUT2D eigenvalue weighted by molar-refractivity contribution is 0.0910. The number of carbonyl (C=O) groups excluding carboxylic acids is 2. The Hall–Kier alpha value is -4.13. The van der Waals surface area contributed by atoms with Gasteiger partial charge in [0.05, 0.1) is 23.8 Å². The molecule has 0 saturated heterocycles. The maximum atomic E-state index is 12.5. The minimum atomic E-state index is -0.316. The van der Waals surface area contributed by atoms with Crippen molar-refractivity contribution in [1.29, 1.82) is 0 Å². The molecule has 0 bridgehead atoms. The number of hydrogen-bond donors (Lipinski definition) is 2. The van der Waals surface area contributed by atoms with Crippen LogP contribution in [0.4, 0.5) is 0 Å². The van der Waals surface area contributed by atoms with Crippen molar-refractivity contribution in [2.24, 2.45) is 0 Å². The summed E-state index contributed by atoms with van der Waals surface area (Å²) >= 11 is 0. The highest BCUT2D eigenvalue weighted by molar-refractivity contribution is 5.95. The Kier molecular flexibility index (Phi) is 5.70. The Morgan fingerprint density at radius 2 is 1.67 bits per heavy atom. The summed E-state index contributed by atoms with van der Waals surface area (Å²) < 4.78 is 6.83. The van der Waals surface area contributed by atoms with Crippen LogP contribution in [-0.4, -0.2) is 34.7 Å². The van der Waals surface area contributed by atoms with Crippen LogP contribution in [-0.2, 0) is 0 Å². The highest BCUT2D eigenvalue weighted by atomic mass is 16.3. The van der Waals surface area contributed by atoms with E-state index in [0.29, 0.717) is 18.7 Å². The second kappa shape index (κ2) is 8.91. The summed E-state index contributed by atoms with van der Waals surface area (Å²) in [5.74, 6) is -0.302. The lowest BCUT2D eigenvalue weighted by Crippen LogP contribution is -2.34. The van der Waals surface area contributed by atoms with Crippen molar-refractivity contribution in [3.8, 4) is 16.9 Å². The number of rotatable bonds is 7. The van der Waals surface area contributed by atoms with Gasteiger partial charge in [-0.1, -0.05) is 36.4 Å². The average molecular weight is 400 g/mol. The van der Waals surface area contributed by atoms with E-state index in [1.54, 1.807) is 35.1 Å². The molecule has 0 fully saturated rings. The topological polar surface area (TPSA) is 89.2 Å². The van der Waals surface area contributed by atoms with Crippen molar-refractivity contribution in [2.45, 2.75) is 0 Å². The lowest BCUT2D eigenvalue weighted by Gasteiger charge is -2.10. The molecular weight excluding hydrogens is 380 g/mol. The smallest absolute Gasteiger partial charge is 0.287 e. The molecule has 0 aliphatic carbocycles. The summed E-state index contributed by atoms with van der Waals surface area (Å²) in [6, 6.07) is 22.4. The molecular formula is C23H20N4O3. The highest BCUT2D eigenvalue weighted by Gasteiger charge is 2.11. The number of nitrogens with one attached hydrogen (secondary N) is 2. The molecule has 2 N–H and O–H groups in total. The van der Waals surface area contributed by atoms with E-state index >= 15 is 0 Å². The van der Waals surface area contributed by atoms with Crippen LogP contribution in [0.3, 0.4) is 0 Å². The SMILES string of the molecule is O=C(NCCNC(=O)c1ccco1)c1cccc(-n2nccc2-c2ccccc2)c1. The molecule has 7 heteroatoms. The molecule has 0 atom stereocenters. The number of nitrogens with zero attached hydrogens (tertiary/aromatic N) is 2. The number of carbonyl (C=O) groups is 2. The van der Waals surface area contributed by atoms with Gasteiger partial charge in [-0.3, -0.25) is 9.59 Å². The third kappa shape index (κ3) is 4.30. The van der Waals surface area contributed by atoms with Gasteiger partial charge >= 0.3 is 0 Å². The van der Waals surface area contributed by atoms with Gasteiger partial charge in [0.2, 0.25) is 0 Å². The second-order valence-electron chi connectivity index (χ2n) is 6.53. The molecule has 4 rings (SSSR count). The Morgan fingerprint density at radius 3 is 2.43 bits per heavy atom. The van der Waals surface area contributed by atoms with Gasteiger partial charge in [0.15, 0.2) is 5.76 Å². The van der Waals surface area contributed by atoms with Gasteiger partial charge in [-0.05, 0) is 36.4 Å². The molecule has 4 aromatic rings. The molecule has 2 aromatic carbocycles. The summed E-state index contributed by atoms with van der Waals surface area (Å²) in [5, 5.41) is 9.91. The van der Waals surface area contributed by atoms with Crippen LogP contribution in [0.2, 0.25) is 0 Å². The summed E-state index contributed by atoms with van der Waals surface area (Å²) in [6.07, 6.45) is 3.17. The van der Waals surface area contributed by atoms with Gasteiger partial charge in [0, 0.05) is 24.2 Å². The minimum Gasteiger partial charge on any atom is -0.459 e. The van der Waals surface area contributed by atoms with Crippen LogP contribution >= 0.6 is 0 Å². The monoisotopic (exact) mass is 400 g/mol. The number of aromatic nitrogens is 2. The molecule has 30 heavy (non-hydrogen) atoms. The first-order chi connectivity index (χ1) is 14.7. The van der Waals surface area contributed by atoms with Gasteiger partial charge in [-0.2, -0.15) is 5.10 Å². The summed E-state index contributed by atoms with van der Waals surface area (Å²) in [5.41, 5.74) is 3.28.